The minimum atomic E-state index is -3.18. The fourth-order valence-corrected chi connectivity index (χ4v) is 10.7. The third-order valence-corrected chi connectivity index (χ3v) is 16.5. The van der Waals surface area contributed by atoms with E-state index in [9.17, 15) is 30.6 Å². The van der Waals surface area contributed by atoms with Crippen LogP contribution in [-0.2, 0) is 0 Å². The molecule has 12 N–H and O–H groups in total. The molecule has 0 aliphatic heterocycles. The predicted octanol–water partition coefficient (Wildman–Crippen LogP) is 15.5. The van der Waals surface area contributed by atoms with Crippen molar-refractivity contribution < 1.29 is 78.3 Å². The summed E-state index contributed by atoms with van der Waals surface area (Å²) in [5, 5.41) is 87.2. The molecular weight excluding hydrogens is 1430 g/mol. The summed E-state index contributed by atoms with van der Waals surface area (Å²) in [4.78, 5) is 0. The highest BCUT2D eigenvalue weighted by atomic mass is 16.5. The molecule has 0 saturated heterocycles. The summed E-state index contributed by atoms with van der Waals surface area (Å²) in [5.41, 5.74) is 0. The SMILES string of the molecule is [2H]C([2H])(NC(C)C)C([2H])(O)C([2H])([2H])Oc1cccc2ccccc12.[2H]C([2H])(Oc1cccc2ccccc12)[C@@H](O)CNC(C)C.[2H]c1cc([2H])c2ccccc2c1OCC(O)CNC(C)C.[2H]c1cc([2H])c2ccccc2c1OC[C@@H](O)CNC(C)C.[2H]c1cc([2H])c2ccccc2c1OC[C@H](O)CNC(C)C.[2H]c1ccc(OCC(O)CNC(C)C)c2ccccc12. The third kappa shape index (κ3) is 33.9. The number of hydrogen-bond donors (Lipinski definition) is 12. The highest BCUT2D eigenvalue weighted by Gasteiger charge is 2.15. The molecule has 0 radical (unpaired) electrons. The Balaban J connectivity index is 0.000000211. The smallest absolute Gasteiger partial charge is 0.127 e. The number of rotatable bonds is 36. The lowest BCUT2D eigenvalue weighted by Gasteiger charge is -2.15. The van der Waals surface area contributed by atoms with Gasteiger partial charge in [-0.15, -0.1) is 0 Å². The molecule has 3 unspecified atom stereocenters. The first-order valence-electron chi connectivity index (χ1n) is 45.8. The monoisotopic (exact) mass is 1570 g/mol. The first-order valence-corrected chi connectivity index (χ1v) is 38.8. The maximum Gasteiger partial charge on any atom is 0.127 e. The van der Waals surface area contributed by atoms with Crippen LogP contribution in [0.25, 0.3) is 64.6 Å². The zero-order chi connectivity index (χ0) is 94.4. The van der Waals surface area contributed by atoms with Gasteiger partial charge in [0.15, 0.2) is 0 Å². The van der Waals surface area contributed by atoms with E-state index < -0.39 is 62.3 Å². The van der Waals surface area contributed by atoms with Crippen molar-refractivity contribution in [2.45, 2.75) is 156 Å². The van der Waals surface area contributed by atoms with E-state index in [-0.39, 0.29) is 62.9 Å². The Kier molecular flexibility index (Phi) is 32.1. The summed E-state index contributed by atoms with van der Waals surface area (Å²) in [7, 11) is 0. The van der Waals surface area contributed by atoms with Crippen molar-refractivity contribution >= 4 is 64.6 Å². The molecule has 18 heteroatoms. The molecule has 612 valence electrons. The van der Waals surface area contributed by atoms with Crippen LogP contribution in [0.2, 0.25) is 0 Å². The molecule has 0 amide bonds. The van der Waals surface area contributed by atoms with E-state index in [0.717, 1.165) is 59.2 Å². The van der Waals surface area contributed by atoms with Gasteiger partial charge in [-0.1, -0.05) is 301 Å². The third-order valence-electron chi connectivity index (χ3n) is 16.5. The largest absolute Gasteiger partial charge is 0.490 e. The molecule has 18 nitrogen and oxygen atoms in total. The lowest BCUT2D eigenvalue weighted by atomic mass is 10.1. The second-order valence-corrected chi connectivity index (χ2v) is 28.7. The van der Waals surface area contributed by atoms with Gasteiger partial charge in [0.05, 0.1) is 16.4 Å². The van der Waals surface area contributed by atoms with Gasteiger partial charge in [-0.2, -0.15) is 0 Å². The molecule has 12 aromatic carbocycles. The maximum atomic E-state index is 10.3. The maximum absolute atomic E-state index is 10.3. The van der Waals surface area contributed by atoms with E-state index in [0.29, 0.717) is 109 Å². The molecule has 0 aliphatic rings. The summed E-state index contributed by atoms with van der Waals surface area (Å²) in [6, 6.07) is 65.9. The van der Waals surface area contributed by atoms with E-state index in [2.05, 4.69) is 31.9 Å². The summed E-state index contributed by atoms with van der Waals surface area (Å²) in [5.74, 6) is 2.53. The second kappa shape index (κ2) is 50.7. The molecule has 0 spiro atoms. The van der Waals surface area contributed by atoms with Crippen LogP contribution < -0.4 is 60.3 Å². The average molecular weight is 1570 g/mol. The molecule has 0 fully saturated rings. The molecule has 0 aromatic heterocycles. The van der Waals surface area contributed by atoms with Crippen LogP contribution in [0.5, 0.6) is 34.5 Å². The van der Waals surface area contributed by atoms with Crippen molar-refractivity contribution in [3.8, 4) is 34.5 Å². The van der Waals surface area contributed by atoms with Crippen LogP contribution in [0, 0.1) is 0 Å². The van der Waals surface area contributed by atoms with Gasteiger partial charge in [0.2, 0.25) is 0 Å². The molecule has 114 heavy (non-hydrogen) atoms. The minimum Gasteiger partial charge on any atom is -0.490 e. The van der Waals surface area contributed by atoms with Gasteiger partial charge >= 0.3 is 0 Å². The Morgan fingerprint density at radius 3 is 0.816 bits per heavy atom. The van der Waals surface area contributed by atoms with Gasteiger partial charge in [-0.25, -0.2) is 0 Å². The van der Waals surface area contributed by atoms with Crippen LogP contribution in [0.15, 0.2) is 255 Å². The number of aliphatic hydroxyl groups is 6. The Labute approximate surface area is 695 Å². The fourth-order valence-electron chi connectivity index (χ4n) is 10.7. The number of nitrogens with one attached hydrogen (secondary N) is 6. The number of hydrogen-bond acceptors (Lipinski definition) is 18. The molecule has 12 aromatic rings. The predicted molar refractivity (Wildman–Crippen MR) is 472 cm³/mol. The summed E-state index contributed by atoms with van der Waals surface area (Å²) >= 11 is 0. The molecule has 12 rings (SSSR count). The van der Waals surface area contributed by atoms with Gasteiger partial charge in [-0.3, -0.25) is 0 Å². The molecule has 0 aliphatic carbocycles. The highest BCUT2D eigenvalue weighted by molar-refractivity contribution is 5.92. The summed E-state index contributed by atoms with van der Waals surface area (Å²) in [6.07, 6.45) is -6.89. The zero-order valence-electron chi connectivity index (χ0n) is 81.6. The van der Waals surface area contributed by atoms with Crippen molar-refractivity contribution in [1.29, 1.82) is 0 Å². The van der Waals surface area contributed by atoms with Crippen LogP contribution >= 0.6 is 0 Å². The normalized spacial score (nSPS) is 15.3. The average Bonchev–Trinajstić information content (AvgIpc) is 0.745. The number of ether oxygens (including phenoxy) is 6. The molecule has 6 atom stereocenters. The van der Waals surface area contributed by atoms with Crippen molar-refractivity contribution in [3.63, 3.8) is 0 Å². The minimum absolute atomic E-state index is 0.118. The first kappa shape index (κ1) is 72.2. The lowest BCUT2D eigenvalue weighted by Crippen LogP contribution is -2.35. The Bertz CT molecular complexity index is 5180. The van der Waals surface area contributed by atoms with Crippen LogP contribution in [0.4, 0.5) is 0 Å². The fraction of sp³-hybridized carbons (Fsp3) is 0.375. The van der Waals surface area contributed by atoms with Crippen molar-refractivity contribution in [3.05, 3.63) is 255 Å². The van der Waals surface area contributed by atoms with Gasteiger partial charge in [0.1, 0.15) is 111 Å². The van der Waals surface area contributed by atoms with Crippen LogP contribution in [0.3, 0.4) is 0 Å². The molecule has 0 saturated carbocycles. The Morgan fingerprint density at radius 1 is 0.254 bits per heavy atom. The summed E-state index contributed by atoms with van der Waals surface area (Å²) in [6.45, 7) is 18.0. The van der Waals surface area contributed by atoms with Gasteiger partial charge in [0, 0.05) is 111 Å². The van der Waals surface area contributed by atoms with Crippen LogP contribution in [-0.4, -0.2) is 182 Å². The lowest BCUT2D eigenvalue weighted by molar-refractivity contribution is 0.105. The Hall–Kier alpha value is -9.48. The number of aliphatic hydroxyl groups excluding tert-OH is 5. The van der Waals surface area contributed by atoms with Crippen molar-refractivity contribution in [1.82, 2.24) is 31.9 Å². The second-order valence-electron chi connectivity index (χ2n) is 28.7. The quantitative estimate of drug-likeness (QED) is 0.0174. The van der Waals surface area contributed by atoms with Gasteiger partial charge in [0.25, 0.3) is 0 Å². The van der Waals surface area contributed by atoms with Gasteiger partial charge < -0.3 is 91.0 Å². The molecule has 0 heterocycles. The Morgan fingerprint density at radius 2 is 0.491 bits per heavy atom. The van der Waals surface area contributed by atoms with E-state index in [1.165, 1.54) is 24.3 Å². The standard InChI is InChI=1S/6C16H21NO2/c6*1-12(2)17-10-14(18)11-19-16-9-5-7-13-6-3-4-8-15(13)16/h6*3-9,12,14,17-18H,10-11H2,1-2H3/t3*14-;;;/m100.../s1/i2*7D,9D;11D2;10D2,11D2,14D;7D,9D;7D. The van der Waals surface area contributed by atoms with E-state index in [1.54, 1.807) is 50.2 Å². The van der Waals surface area contributed by atoms with Crippen LogP contribution in [0.1, 0.15) is 102 Å². The number of fused-ring (bicyclic) bond motifs is 6. The highest BCUT2D eigenvalue weighted by Crippen LogP contribution is 2.31. The molecule has 0 bridgehead atoms. The van der Waals surface area contributed by atoms with E-state index in [4.69, 9.17) is 47.6 Å². The molecular formula is C96H126N6O12. The van der Waals surface area contributed by atoms with E-state index in [1.807, 2.05) is 221 Å². The van der Waals surface area contributed by atoms with Crippen molar-refractivity contribution in [2.75, 3.05) is 78.8 Å². The van der Waals surface area contributed by atoms with E-state index >= 15 is 0 Å². The first-order chi connectivity index (χ1) is 60.4. The zero-order valence-corrected chi connectivity index (χ0v) is 67.6. The number of benzene rings is 12. The van der Waals surface area contributed by atoms with Crippen molar-refractivity contribution in [2.24, 2.45) is 0 Å². The summed E-state index contributed by atoms with van der Waals surface area (Å²) < 4.78 is 144. The van der Waals surface area contributed by atoms with Gasteiger partial charge in [-0.05, 0) is 68.6 Å². The topological polar surface area (TPSA) is 249 Å².